The number of nitrogens with zero attached hydrogens (tertiary/aromatic N) is 5. The van der Waals surface area contributed by atoms with Crippen LogP contribution in [0.2, 0.25) is 0 Å². The van der Waals surface area contributed by atoms with Gasteiger partial charge in [0, 0.05) is 35.1 Å². The van der Waals surface area contributed by atoms with Crippen LogP contribution < -0.4 is 5.32 Å². The van der Waals surface area contributed by atoms with Crippen LogP contribution in [-0.4, -0.2) is 63.3 Å². The topological polar surface area (TPSA) is 58.9 Å². The lowest BCUT2D eigenvalue weighted by Gasteiger charge is -2.28. The minimum Gasteiger partial charge on any atom is -0.340 e. The summed E-state index contributed by atoms with van der Waals surface area (Å²) in [6.07, 6.45) is 6.04. The maximum atomic E-state index is 13.6. The van der Waals surface area contributed by atoms with Crippen LogP contribution in [-0.2, 0) is 6.54 Å². The van der Waals surface area contributed by atoms with Crippen LogP contribution in [0.5, 0.6) is 0 Å². The SMILES string of the molecule is CP1CCN(CC#Cc2ccc3ncnc(Nc4ccc5c(cnn5Cc5cccc(F)c5)c4)c3c2)CC1. The summed E-state index contributed by atoms with van der Waals surface area (Å²) in [7, 11) is 0.229. The van der Waals surface area contributed by atoms with Crippen molar-refractivity contribution < 1.29 is 4.39 Å². The van der Waals surface area contributed by atoms with Gasteiger partial charge in [0.25, 0.3) is 0 Å². The second-order valence-corrected chi connectivity index (χ2v) is 12.3. The van der Waals surface area contributed by atoms with Crippen LogP contribution in [0.3, 0.4) is 0 Å². The number of fused-ring (bicyclic) bond motifs is 2. The maximum absolute atomic E-state index is 13.6. The first-order chi connectivity index (χ1) is 18.6. The minimum absolute atomic E-state index is 0.229. The van der Waals surface area contributed by atoms with Crippen molar-refractivity contribution in [2.45, 2.75) is 6.54 Å². The van der Waals surface area contributed by atoms with Gasteiger partial charge >= 0.3 is 0 Å². The molecule has 6 rings (SSSR count). The lowest BCUT2D eigenvalue weighted by molar-refractivity contribution is 0.338. The van der Waals surface area contributed by atoms with Gasteiger partial charge in [0.05, 0.1) is 30.3 Å². The van der Waals surface area contributed by atoms with Crippen molar-refractivity contribution in [1.82, 2.24) is 24.6 Å². The molecule has 1 fully saturated rings. The Kier molecular flexibility index (Phi) is 7.00. The van der Waals surface area contributed by atoms with E-state index >= 15 is 0 Å². The molecule has 3 aromatic carbocycles. The van der Waals surface area contributed by atoms with Crippen LogP contribution in [0, 0.1) is 17.7 Å². The van der Waals surface area contributed by atoms with Crippen LogP contribution in [0.25, 0.3) is 21.8 Å². The highest BCUT2D eigenvalue weighted by Gasteiger charge is 2.13. The fourth-order valence-electron chi connectivity index (χ4n) is 4.73. The fourth-order valence-corrected chi connectivity index (χ4v) is 6.20. The Morgan fingerprint density at radius 2 is 1.92 bits per heavy atom. The van der Waals surface area contributed by atoms with Gasteiger partial charge in [0.15, 0.2) is 0 Å². The second-order valence-electron chi connectivity index (χ2n) is 9.67. The smallest absolute Gasteiger partial charge is 0.141 e. The third kappa shape index (κ3) is 5.52. The third-order valence-corrected chi connectivity index (χ3v) is 8.82. The molecule has 2 aromatic heterocycles. The molecule has 1 N–H and O–H groups in total. The predicted molar refractivity (Wildman–Crippen MR) is 154 cm³/mol. The van der Waals surface area contributed by atoms with Crippen molar-refractivity contribution in [2.75, 3.05) is 43.9 Å². The Morgan fingerprint density at radius 1 is 1.03 bits per heavy atom. The van der Waals surface area contributed by atoms with Crippen molar-refractivity contribution in [1.29, 1.82) is 0 Å². The number of hydrogen-bond donors (Lipinski definition) is 1. The van der Waals surface area contributed by atoms with E-state index in [1.54, 1.807) is 12.4 Å². The summed E-state index contributed by atoms with van der Waals surface area (Å²) in [5.41, 5.74) is 4.58. The zero-order valence-electron chi connectivity index (χ0n) is 21.2. The molecule has 0 saturated carbocycles. The summed E-state index contributed by atoms with van der Waals surface area (Å²) in [6, 6.07) is 18.8. The standard InChI is InChI=1S/C30H28FN6P/c1-38-14-12-36(13-15-38)11-3-5-22-7-9-28-27(17-22)30(33-21-32-28)35-26-8-10-29-24(18-26)19-34-37(29)20-23-4-2-6-25(31)16-23/h2,4,6-10,16-19,21H,11-15,20H2,1H3,(H,32,33,35). The van der Waals surface area contributed by atoms with Crippen molar-refractivity contribution in [3.8, 4) is 11.8 Å². The lowest BCUT2D eigenvalue weighted by atomic mass is 10.1. The molecule has 3 heterocycles. The van der Waals surface area contributed by atoms with E-state index in [1.807, 2.05) is 47.3 Å². The Labute approximate surface area is 222 Å². The highest BCUT2D eigenvalue weighted by Crippen LogP contribution is 2.32. The molecule has 0 radical (unpaired) electrons. The van der Waals surface area contributed by atoms with E-state index in [0.29, 0.717) is 6.54 Å². The molecule has 0 spiro atoms. The highest BCUT2D eigenvalue weighted by molar-refractivity contribution is 7.56. The number of rotatable bonds is 5. The van der Waals surface area contributed by atoms with Gasteiger partial charge in [0.2, 0.25) is 0 Å². The van der Waals surface area contributed by atoms with Crippen LogP contribution in [0.15, 0.2) is 73.2 Å². The van der Waals surface area contributed by atoms with Gasteiger partial charge in [-0.1, -0.05) is 24.0 Å². The van der Waals surface area contributed by atoms with E-state index in [1.165, 1.54) is 24.5 Å². The molecule has 38 heavy (non-hydrogen) atoms. The molecule has 0 atom stereocenters. The summed E-state index contributed by atoms with van der Waals surface area (Å²) in [4.78, 5) is 11.4. The third-order valence-electron chi connectivity index (χ3n) is 6.89. The second kappa shape index (κ2) is 10.9. The van der Waals surface area contributed by atoms with E-state index < -0.39 is 0 Å². The summed E-state index contributed by atoms with van der Waals surface area (Å²) in [5, 5.41) is 9.89. The number of anilines is 2. The van der Waals surface area contributed by atoms with Gasteiger partial charge in [-0.15, -0.1) is 7.92 Å². The molecule has 8 heteroatoms. The van der Waals surface area contributed by atoms with Gasteiger partial charge < -0.3 is 5.32 Å². The van der Waals surface area contributed by atoms with E-state index in [4.69, 9.17) is 0 Å². The van der Waals surface area contributed by atoms with Crippen molar-refractivity contribution in [3.05, 3.63) is 90.1 Å². The van der Waals surface area contributed by atoms with Crippen LogP contribution in [0.4, 0.5) is 15.9 Å². The van der Waals surface area contributed by atoms with Gasteiger partial charge in [-0.25, -0.2) is 14.4 Å². The quantitative estimate of drug-likeness (QED) is 0.237. The number of hydrogen-bond acceptors (Lipinski definition) is 5. The summed E-state index contributed by atoms with van der Waals surface area (Å²) < 4.78 is 15.5. The Bertz CT molecular complexity index is 1660. The van der Waals surface area contributed by atoms with E-state index in [2.05, 4.69) is 49.9 Å². The van der Waals surface area contributed by atoms with Crippen molar-refractivity contribution in [2.24, 2.45) is 0 Å². The Morgan fingerprint density at radius 3 is 2.79 bits per heavy atom. The summed E-state index contributed by atoms with van der Waals surface area (Å²) in [5.74, 6) is 7.18. The van der Waals surface area contributed by atoms with Gasteiger partial charge in [-0.2, -0.15) is 5.10 Å². The number of halogens is 1. The van der Waals surface area contributed by atoms with Gasteiger partial charge in [0.1, 0.15) is 18.0 Å². The average Bonchev–Trinajstić information content (AvgIpc) is 3.32. The normalized spacial score (nSPS) is 14.5. The summed E-state index contributed by atoms with van der Waals surface area (Å²) in [6.45, 7) is 6.02. The predicted octanol–water partition coefficient (Wildman–Crippen LogP) is 5.69. The fraction of sp³-hybridized carbons (Fsp3) is 0.233. The number of aromatic nitrogens is 4. The number of benzene rings is 3. The lowest BCUT2D eigenvalue weighted by Crippen LogP contribution is -2.33. The molecule has 1 aliphatic heterocycles. The van der Waals surface area contributed by atoms with Crippen LogP contribution in [0.1, 0.15) is 11.1 Å². The molecule has 5 aromatic rings. The molecule has 0 bridgehead atoms. The van der Waals surface area contributed by atoms with E-state index in [-0.39, 0.29) is 13.7 Å². The Balaban J connectivity index is 1.21. The first kappa shape index (κ1) is 24.5. The van der Waals surface area contributed by atoms with Crippen molar-refractivity contribution in [3.63, 3.8) is 0 Å². The summed E-state index contributed by atoms with van der Waals surface area (Å²) >= 11 is 0. The zero-order chi connectivity index (χ0) is 25.9. The monoisotopic (exact) mass is 522 g/mol. The molecule has 0 unspecified atom stereocenters. The van der Waals surface area contributed by atoms with E-state index in [0.717, 1.165) is 64.1 Å². The molecule has 6 nitrogen and oxygen atoms in total. The molecule has 0 amide bonds. The highest BCUT2D eigenvalue weighted by atomic mass is 31.1. The largest absolute Gasteiger partial charge is 0.340 e. The van der Waals surface area contributed by atoms with E-state index in [9.17, 15) is 4.39 Å². The molecule has 190 valence electrons. The first-order valence-corrected chi connectivity index (χ1v) is 14.9. The maximum Gasteiger partial charge on any atom is 0.141 e. The molecular formula is C30H28FN6P. The van der Waals surface area contributed by atoms with Gasteiger partial charge in [-0.05, 0) is 73.1 Å². The van der Waals surface area contributed by atoms with Gasteiger partial charge in [-0.3, -0.25) is 9.58 Å². The Hall–Kier alpha value is -3.85. The average molecular weight is 523 g/mol. The molecular weight excluding hydrogens is 494 g/mol. The van der Waals surface area contributed by atoms with Crippen LogP contribution >= 0.6 is 7.92 Å². The molecule has 1 saturated heterocycles. The molecule has 0 aliphatic carbocycles. The first-order valence-electron chi connectivity index (χ1n) is 12.7. The molecule has 1 aliphatic rings. The zero-order valence-corrected chi connectivity index (χ0v) is 22.1. The minimum atomic E-state index is -0.242. The number of nitrogens with one attached hydrogen (secondary N) is 1. The van der Waals surface area contributed by atoms with Crippen molar-refractivity contribution >= 4 is 41.2 Å².